The second kappa shape index (κ2) is 7.11. The van der Waals surface area contributed by atoms with Gasteiger partial charge in [0.15, 0.2) is 5.78 Å². The SMILES string of the molecule is CC1(C)CC(=O)C2=C(C1)N(c1ccco1)C(N)=C(C#N)[C@H]2c1ccc(S(N)(=O)=O)cc1. The van der Waals surface area contributed by atoms with Crippen molar-refractivity contribution in [2.75, 3.05) is 4.90 Å². The number of allylic oxidation sites excluding steroid dienone is 3. The van der Waals surface area contributed by atoms with E-state index in [4.69, 9.17) is 15.3 Å². The molecule has 0 amide bonds. The van der Waals surface area contributed by atoms with Gasteiger partial charge in [-0.15, -0.1) is 0 Å². The van der Waals surface area contributed by atoms with Gasteiger partial charge in [-0.25, -0.2) is 13.6 Å². The quantitative estimate of drug-likeness (QED) is 0.750. The smallest absolute Gasteiger partial charge is 0.238 e. The number of nitrogens with zero attached hydrogens (tertiary/aromatic N) is 2. The first-order valence-electron chi connectivity index (χ1n) is 9.66. The van der Waals surface area contributed by atoms with Gasteiger partial charge in [0.1, 0.15) is 5.82 Å². The zero-order valence-electron chi connectivity index (χ0n) is 17.1. The summed E-state index contributed by atoms with van der Waals surface area (Å²) in [6, 6.07) is 11.5. The lowest BCUT2D eigenvalue weighted by Crippen LogP contribution is -2.42. The molecule has 1 aliphatic heterocycles. The van der Waals surface area contributed by atoms with Crippen LogP contribution in [0.1, 0.15) is 38.2 Å². The number of carbonyl (C=O) groups excluding carboxylic acids is 1. The lowest BCUT2D eigenvalue weighted by Gasteiger charge is -2.42. The molecule has 2 aliphatic rings. The number of Topliss-reactive ketones (excluding diaryl/α,β-unsaturated/α-hetero) is 1. The summed E-state index contributed by atoms with van der Waals surface area (Å²) in [5, 5.41) is 15.2. The Morgan fingerprint density at radius 3 is 2.42 bits per heavy atom. The van der Waals surface area contributed by atoms with E-state index in [2.05, 4.69) is 6.07 Å². The molecule has 0 unspecified atom stereocenters. The van der Waals surface area contributed by atoms with Crippen LogP contribution in [-0.4, -0.2) is 14.2 Å². The minimum atomic E-state index is -3.87. The first-order chi connectivity index (χ1) is 14.5. The maximum Gasteiger partial charge on any atom is 0.238 e. The number of nitriles is 1. The molecule has 4 rings (SSSR count). The minimum Gasteiger partial charge on any atom is -0.448 e. The predicted molar refractivity (Wildman–Crippen MR) is 114 cm³/mol. The summed E-state index contributed by atoms with van der Waals surface area (Å²) in [6.07, 6.45) is 2.38. The molecule has 9 heteroatoms. The third-order valence-electron chi connectivity index (χ3n) is 5.65. The summed E-state index contributed by atoms with van der Waals surface area (Å²) in [5.74, 6) is -0.179. The van der Waals surface area contributed by atoms with E-state index in [1.54, 1.807) is 29.2 Å². The van der Waals surface area contributed by atoms with Crippen LogP contribution in [0.3, 0.4) is 0 Å². The van der Waals surface area contributed by atoms with Gasteiger partial charge in [0.25, 0.3) is 0 Å². The Balaban J connectivity index is 1.95. The molecule has 1 aromatic carbocycles. The van der Waals surface area contributed by atoms with Gasteiger partial charge < -0.3 is 10.2 Å². The fraction of sp³-hybridized carbons (Fsp3) is 0.273. The van der Waals surface area contributed by atoms with Gasteiger partial charge in [0.05, 0.1) is 28.7 Å². The molecule has 2 heterocycles. The van der Waals surface area contributed by atoms with Crippen molar-refractivity contribution >= 4 is 21.7 Å². The summed E-state index contributed by atoms with van der Waals surface area (Å²) < 4.78 is 28.8. The minimum absolute atomic E-state index is 0.0509. The van der Waals surface area contributed by atoms with E-state index in [9.17, 15) is 18.5 Å². The molecule has 0 saturated heterocycles. The van der Waals surface area contributed by atoms with Crippen molar-refractivity contribution < 1.29 is 17.6 Å². The molecule has 0 spiro atoms. The number of hydrogen-bond acceptors (Lipinski definition) is 7. The molecular weight excluding hydrogens is 416 g/mol. The maximum atomic E-state index is 13.3. The van der Waals surface area contributed by atoms with E-state index in [0.717, 1.165) is 0 Å². The van der Waals surface area contributed by atoms with E-state index in [0.29, 0.717) is 35.6 Å². The van der Waals surface area contributed by atoms with Crippen molar-refractivity contribution in [1.29, 1.82) is 5.26 Å². The van der Waals surface area contributed by atoms with Gasteiger partial charge in [-0.05, 0) is 35.6 Å². The van der Waals surface area contributed by atoms with Crippen LogP contribution in [0.5, 0.6) is 0 Å². The standard InChI is InChI=1S/C22H22N4O4S/c1-22(2)10-16-20(17(27)11-22)19(13-5-7-14(8-6-13)31(25,28)29)15(12-23)21(24)26(16)18-4-3-9-30-18/h3-9,19H,10-11,24H2,1-2H3,(H2,25,28,29)/t19-/m1/s1. The molecular formula is C22H22N4O4S. The molecule has 1 aliphatic carbocycles. The number of rotatable bonds is 3. The maximum absolute atomic E-state index is 13.3. The fourth-order valence-electron chi connectivity index (χ4n) is 4.34. The number of nitrogens with two attached hydrogens (primary N) is 2. The number of anilines is 1. The number of benzene rings is 1. The number of sulfonamides is 1. The molecule has 31 heavy (non-hydrogen) atoms. The summed E-state index contributed by atoms with van der Waals surface area (Å²) in [5.41, 5.74) is 8.11. The van der Waals surface area contributed by atoms with Crippen LogP contribution in [0.15, 0.2) is 74.6 Å². The van der Waals surface area contributed by atoms with Crippen LogP contribution in [0, 0.1) is 16.7 Å². The lowest BCUT2D eigenvalue weighted by molar-refractivity contribution is -0.118. The summed E-state index contributed by atoms with van der Waals surface area (Å²) in [4.78, 5) is 14.9. The average molecular weight is 439 g/mol. The Bertz CT molecular complexity index is 1260. The van der Waals surface area contributed by atoms with Gasteiger partial charge in [-0.2, -0.15) is 5.26 Å². The van der Waals surface area contributed by atoms with Crippen molar-refractivity contribution in [3.8, 4) is 6.07 Å². The summed E-state index contributed by atoms with van der Waals surface area (Å²) in [7, 11) is -3.87. The van der Waals surface area contributed by atoms with E-state index in [1.165, 1.54) is 18.4 Å². The summed E-state index contributed by atoms with van der Waals surface area (Å²) >= 11 is 0. The average Bonchev–Trinajstić information content (AvgIpc) is 3.19. The molecule has 1 aromatic heterocycles. The largest absolute Gasteiger partial charge is 0.448 e. The Hall–Kier alpha value is -3.35. The normalized spacial score (nSPS) is 21.2. The third-order valence-corrected chi connectivity index (χ3v) is 6.58. The topological polar surface area (TPSA) is 143 Å². The second-order valence-electron chi connectivity index (χ2n) is 8.55. The first-order valence-corrected chi connectivity index (χ1v) is 11.2. The van der Waals surface area contributed by atoms with Crippen molar-refractivity contribution in [2.24, 2.45) is 16.3 Å². The van der Waals surface area contributed by atoms with Crippen LogP contribution >= 0.6 is 0 Å². The van der Waals surface area contributed by atoms with Crippen LogP contribution in [0.2, 0.25) is 0 Å². The van der Waals surface area contributed by atoms with Crippen molar-refractivity contribution in [2.45, 2.75) is 37.5 Å². The second-order valence-corrected chi connectivity index (χ2v) is 10.1. The van der Waals surface area contributed by atoms with E-state index < -0.39 is 15.9 Å². The van der Waals surface area contributed by atoms with Crippen LogP contribution in [-0.2, 0) is 14.8 Å². The highest BCUT2D eigenvalue weighted by atomic mass is 32.2. The monoisotopic (exact) mass is 438 g/mol. The van der Waals surface area contributed by atoms with E-state index in [1.807, 2.05) is 13.8 Å². The highest BCUT2D eigenvalue weighted by Crippen LogP contribution is 2.50. The van der Waals surface area contributed by atoms with Gasteiger partial charge in [0.2, 0.25) is 15.9 Å². The highest BCUT2D eigenvalue weighted by Gasteiger charge is 2.45. The van der Waals surface area contributed by atoms with E-state index in [-0.39, 0.29) is 27.5 Å². The van der Waals surface area contributed by atoms with Crippen LogP contribution in [0.25, 0.3) is 0 Å². The van der Waals surface area contributed by atoms with Crippen LogP contribution < -0.4 is 15.8 Å². The highest BCUT2D eigenvalue weighted by molar-refractivity contribution is 7.89. The number of primary sulfonamides is 1. The zero-order valence-corrected chi connectivity index (χ0v) is 17.9. The van der Waals surface area contributed by atoms with Crippen molar-refractivity contribution in [1.82, 2.24) is 0 Å². The third kappa shape index (κ3) is 3.54. The van der Waals surface area contributed by atoms with Crippen LogP contribution in [0.4, 0.5) is 5.88 Å². The molecule has 160 valence electrons. The van der Waals surface area contributed by atoms with Gasteiger partial charge in [-0.1, -0.05) is 26.0 Å². The van der Waals surface area contributed by atoms with Gasteiger partial charge in [0, 0.05) is 23.8 Å². The lowest BCUT2D eigenvalue weighted by atomic mass is 9.68. The molecule has 2 aromatic rings. The first kappa shape index (κ1) is 20.9. The molecule has 0 saturated carbocycles. The molecule has 0 bridgehead atoms. The molecule has 4 N–H and O–H groups in total. The summed E-state index contributed by atoms with van der Waals surface area (Å²) in [6.45, 7) is 4.01. The Labute approximate surface area is 180 Å². The zero-order chi connectivity index (χ0) is 22.6. The van der Waals surface area contributed by atoms with Crippen molar-refractivity contribution in [3.63, 3.8) is 0 Å². The molecule has 0 radical (unpaired) electrons. The Kier molecular flexibility index (Phi) is 4.80. The Morgan fingerprint density at radius 1 is 1.19 bits per heavy atom. The van der Waals surface area contributed by atoms with Gasteiger partial charge in [-0.3, -0.25) is 9.69 Å². The predicted octanol–water partition coefficient (Wildman–Crippen LogP) is 2.87. The molecule has 1 atom stereocenters. The molecule has 0 fully saturated rings. The molecule has 8 nitrogen and oxygen atoms in total. The number of ketones is 1. The Morgan fingerprint density at radius 2 is 1.87 bits per heavy atom. The fourth-order valence-corrected chi connectivity index (χ4v) is 4.86. The van der Waals surface area contributed by atoms with Crippen molar-refractivity contribution in [3.05, 3.63) is 70.9 Å². The number of furan rings is 1. The number of hydrogen-bond donors (Lipinski definition) is 2. The van der Waals surface area contributed by atoms with Gasteiger partial charge >= 0.3 is 0 Å². The number of carbonyl (C=O) groups is 1. The van der Waals surface area contributed by atoms with E-state index >= 15 is 0 Å².